The summed E-state index contributed by atoms with van der Waals surface area (Å²) >= 11 is 0. The van der Waals surface area contributed by atoms with Crippen LogP contribution < -0.4 is 0 Å². The van der Waals surface area contributed by atoms with Gasteiger partial charge in [-0.25, -0.2) is 0 Å². The summed E-state index contributed by atoms with van der Waals surface area (Å²) in [7, 11) is 0. The van der Waals surface area contributed by atoms with Crippen LogP contribution in [0.1, 0.15) is 30.1 Å². The number of piperidine rings is 1. The lowest BCUT2D eigenvalue weighted by Gasteiger charge is -2.32. The average Bonchev–Trinajstić information content (AvgIpc) is 3.14. The second kappa shape index (κ2) is 7.47. The van der Waals surface area contributed by atoms with Crippen LogP contribution in [0.5, 0.6) is 0 Å². The molecule has 122 valence electrons. The van der Waals surface area contributed by atoms with E-state index in [1.54, 1.807) is 0 Å². The van der Waals surface area contributed by atoms with Gasteiger partial charge in [0, 0.05) is 43.3 Å². The van der Waals surface area contributed by atoms with Gasteiger partial charge in [0.25, 0.3) is 5.91 Å². The van der Waals surface area contributed by atoms with Crippen molar-refractivity contribution in [1.82, 2.24) is 9.47 Å². The molecule has 23 heavy (non-hydrogen) atoms. The molecule has 0 aliphatic carbocycles. The van der Waals surface area contributed by atoms with Gasteiger partial charge in [-0.05, 0) is 56.0 Å². The van der Waals surface area contributed by atoms with Crippen LogP contribution in [0.25, 0.3) is 5.69 Å². The molecule has 0 spiro atoms. The minimum absolute atomic E-state index is 0.125. The molecule has 3 rings (SSSR count). The summed E-state index contributed by atoms with van der Waals surface area (Å²) in [5, 5.41) is 0. The summed E-state index contributed by atoms with van der Waals surface area (Å²) in [6.45, 7) is 5.15. The summed E-state index contributed by atoms with van der Waals surface area (Å²) in [4.78, 5) is 14.8. The zero-order chi connectivity index (χ0) is 16.1. The Morgan fingerprint density at radius 1 is 1.26 bits per heavy atom. The van der Waals surface area contributed by atoms with Crippen molar-refractivity contribution >= 4 is 5.91 Å². The number of amides is 1. The first-order chi connectivity index (χ1) is 11.3. The largest absolute Gasteiger partial charge is 0.381 e. The first kappa shape index (κ1) is 15.8. The predicted molar refractivity (Wildman–Crippen MR) is 90.9 cm³/mol. The number of ether oxygens (including phenoxy) is 1. The third kappa shape index (κ3) is 3.82. The third-order valence-electron chi connectivity index (χ3n) is 4.36. The van der Waals surface area contributed by atoms with Gasteiger partial charge >= 0.3 is 0 Å². The minimum Gasteiger partial charge on any atom is -0.381 e. The maximum absolute atomic E-state index is 12.8. The monoisotopic (exact) mass is 312 g/mol. The normalized spacial score (nSPS) is 18.1. The van der Waals surface area contributed by atoms with Crippen molar-refractivity contribution in [2.24, 2.45) is 5.92 Å². The van der Waals surface area contributed by atoms with Crippen LogP contribution in [0.3, 0.4) is 0 Å². The molecule has 1 unspecified atom stereocenters. The molecule has 0 bridgehead atoms. The van der Waals surface area contributed by atoms with Gasteiger partial charge in [-0.1, -0.05) is 6.07 Å². The van der Waals surface area contributed by atoms with E-state index < -0.39 is 0 Å². The summed E-state index contributed by atoms with van der Waals surface area (Å²) in [6.07, 6.45) is 6.18. The van der Waals surface area contributed by atoms with Gasteiger partial charge in [0.2, 0.25) is 0 Å². The van der Waals surface area contributed by atoms with Crippen LogP contribution in [-0.2, 0) is 4.74 Å². The Morgan fingerprint density at radius 2 is 2.09 bits per heavy atom. The van der Waals surface area contributed by atoms with Gasteiger partial charge in [0.1, 0.15) is 0 Å². The molecule has 1 fully saturated rings. The standard InChI is InChI=1S/C19H24N2O2/c1-2-23-15-16-7-6-12-21(14-16)19(22)17-8-5-9-18(13-17)20-10-3-4-11-20/h3-5,8-11,13,16H,2,6-7,12,14-15H2,1H3. The fraction of sp³-hybridized carbons (Fsp3) is 0.421. The topological polar surface area (TPSA) is 34.5 Å². The predicted octanol–water partition coefficient (Wildman–Crippen LogP) is 3.37. The van der Waals surface area contributed by atoms with Crippen molar-refractivity contribution in [3.05, 3.63) is 54.4 Å². The summed E-state index contributed by atoms with van der Waals surface area (Å²) < 4.78 is 7.55. The fourth-order valence-electron chi connectivity index (χ4n) is 3.16. The number of benzene rings is 1. The number of nitrogens with zero attached hydrogens (tertiary/aromatic N) is 2. The maximum atomic E-state index is 12.8. The Bertz CT molecular complexity index is 637. The lowest BCUT2D eigenvalue weighted by molar-refractivity contribution is 0.0501. The number of likely N-dealkylation sites (tertiary alicyclic amines) is 1. The van der Waals surface area contributed by atoms with Crippen molar-refractivity contribution in [3.63, 3.8) is 0 Å². The number of aromatic nitrogens is 1. The highest BCUT2D eigenvalue weighted by molar-refractivity contribution is 5.94. The highest BCUT2D eigenvalue weighted by Gasteiger charge is 2.24. The molecule has 1 aromatic carbocycles. The van der Waals surface area contributed by atoms with E-state index in [1.165, 1.54) is 0 Å². The van der Waals surface area contributed by atoms with E-state index in [0.717, 1.165) is 50.4 Å². The van der Waals surface area contributed by atoms with Crippen molar-refractivity contribution in [2.75, 3.05) is 26.3 Å². The first-order valence-corrected chi connectivity index (χ1v) is 8.38. The van der Waals surface area contributed by atoms with Crippen LogP contribution in [0.15, 0.2) is 48.8 Å². The molecule has 1 atom stereocenters. The quantitative estimate of drug-likeness (QED) is 0.848. The SMILES string of the molecule is CCOCC1CCCN(C(=O)c2cccc(-n3cccc3)c2)C1. The van der Waals surface area contributed by atoms with Crippen LogP contribution in [0, 0.1) is 5.92 Å². The Morgan fingerprint density at radius 3 is 2.87 bits per heavy atom. The van der Waals surface area contributed by atoms with Gasteiger partial charge in [-0.15, -0.1) is 0 Å². The number of carbonyl (C=O) groups excluding carboxylic acids is 1. The highest BCUT2D eigenvalue weighted by atomic mass is 16.5. The number of rotatable bonds is 5. The molecule has 1 aliphatic heterocycles. The van der Waals surface area contributed by atoms with E-state index in [2.05, 4.69) is 0 Å². The Kier molecular flexibility index (Phi) is 5.13. The molecule has 0 radical (unpaired) electrons. The van der Waals surface area contributed by atoms with E-state index >= 15 is 0 Å². The molecule has 1 aliphatic rings. The van der Waals surface area contributed by atoms with Gasteiger partial charge in [0.15, 0.2) is 0 Å². The van der Waals surface area contributed by atoms with Crippen molar-refractivity contribution < 1.29 is 9.53 Å². The van der Waals surface area contributed by atoms with Crippen molar-refractivity contribution in [1.29, 1.82) is 0 Å². The second-order valence-electron chi connectivity index (χ2n) is 6.06. The molecule has 4 heteroatoms. The molecule has 0 saturated carbocycles. The van der Waals surface area contributed by atoms with Crippen LogP contribution >= 0.6 is 0 Å². The molecule has 1 saturated heterocycles. The molecule has 4 nitrogen and oxygen atoms in total. The Labute approximate surface area is 137 Å². The number of hydrogen-bond acceptors (Lipinski definition) is 2. The first-order valence-electron chi connectivity index (χ1n) is 8.38. The van der Waals surface area contributed by atoms with Gasteiger partial charge in [-0.3, -0.25) is 4.79 Å². The zero-order valence-electron chi connectivity index (χ0n) is 13.6. The summed E-state index contributed by atoms with van der Waals surface area (Å²) in [6, 6.07) is 11.8. The molecule has 2 aromatic rings. The van der Waals surface area contributed by atoms with Crippen LogP contribution in [-0.4, -0.2) is 41.7 Å². The second-order valence-corrected chi connectivity index (χ2v) is 6.06. The molecule has 0 N–H and O–H groups in total. The Balaban J connectivity index is 1.71. The zero-order valence-corrected chi connectivity index (χ0v) is 13.6. The molecule has 1 amide bonds. The van der Waals surface area contributed by atoms with Crippen LogP contribution in [0.2, 0.25) is 0 Å². The van der Waals surface area contributed by atoms with E-state index in [9.17, 15) is 4.79 Å². The highest BCUT2D eigenvalue weighted by Crippen LogP contribution is 2.20. The lowest BCUT2D eigenvalue weighted by atomic mass is 9.98. The van der Waals surface area contributed by atoms with Crippen molar-refractivity contribution in [2.45, 2.75) is 19.8 Å². The Hall–Kier alpha value is -2.07. The number of hydrogen-bond donors (Lipinski definition) is 0. The van der Waals surface area contributed by atoms with Gasteiger partial charge in [-0.2, -0.15) is 0 Å². The van der Waals surface area contributed by atoms with E-state index in [-0.39, 0.29) is 5.91 Å². The summed E-state index contributed by atoms with van der Waals surface area (Å²) in [5.74, 6) is 0.584. The van der Waals surface area contributed by atoms with E-state index in [4.69, 9.17) is 4.74 Å². The third-order valence-corrected chi connectivity index (χ3v) is 4.36. The minimum atomic E-state index is 0.125. The molecular weight excluding hydrogens is 288 g/mol. The maximum Gasteiger partial charge on any atom is 0.253 e. The lowest BCUT2D eigenvalue weighted by Crippen LogP contribution is -2.41. The number of carbonyl (C=O) groups is 1. The summed E-state index contributed by atoms with van der Waals surface area (Å²) in [5.41, 5.74) is 1.77. The van der Waals surface area contributed by atoms with Gasteiger partial charge < -0.3 is 14.2 Å². The van der Waals surface area contributed by atoms with E-state index in [0.29, 0.717) is 5.92 Å². The average molecular weight is 312 g/mol. The smallest absolute Gasteiger partial charge is 0.253 e. The van der Waals surface area contributed by atoms with Crippen molar-refractivity contribution in [3.8, 4) is 5.69 Å². The van der Waals surface area contributed by atoms with Gasteiger partial charge in [0.05, 0.1) is 6.61 Å². The molecule has 1 aromatic heterocycles. The molecular formula is C19H24N2O2. The van der Waals surface area contributed by atoms with E-state index in [1.807, 2.05) is 65.2 Å². The fourth-order valence-corrected chi connectivity index (χ4v) is 3.16. The van der Waals surface area contributed by atoms with Crippen LogP contribution in [0.4, 0.5) is 0 Å². The molecule has 2 heterocycles.